The van der Waals surface area contributed by atoms with Crippen LogP contribution in [-0.4, -0.2) is 17.7 Å². The molecule has 5 heteroatoms. The summed E-state index contributed by atoms with van der Waals surface area (Å²) in [5, 5.41) is 22.3. The lowest BCUT2D eigenvalue weighted by atomic mass is 10.0. The van der Waals surface area contributed by atoms with Crippen LogP contribution < -0.4 is 5.11 Å². The third-order valence-electron chi connectivity index (χ3n) is 3.18. The molecule has 0 aromatic heterocycles. The molecule has 0 saturated carbocycles. The molecule has 0 unspecified atom stereocenters. The fraction of sp³-hybridized carbons (Fsp3) is 0.188. The van der Waals surface area contributed by atoms with Crippen LogP contribution in [0.3, 0.4) is 0 Å². The highest BCUT2D eigenvalue weighted by molar-refractivity contribution is 5.84. The van der Waals surface area contributed by atoms with Crippen LogP contribution in [0.1, 0.15) is 24.0 Å². The van der Waals surface area contributed by atoms with Crippen LogP contribution in [0.5, 0.6) is 5.75 Å². The summed E-state index contributed by atoms with van der Waals surface area (Å²) in [6.45, 7) is 2.56. The summed E-state index contributed by atoms with van der Waals surface area (Å²) in [5.74, 6) is -0.0482. The second kappa shape index (κ2) is 6.65. The van der Waals surface area contributed by atoms with Crippen molar-refractivity contribution >= 4 is 11.9 Å². The Labute approximate surface area is 122 Å². The van der Waals surface area contributed by atoms with Crippen molar-refractivity contribution in [3.63, 3.8) is 0 Å². The summed E-state index contributed by atoms with van der Waals surface area (Å²) >= 11 is 0. The van der Waals surface area contributed by atoms with Crippen molar-refractivity contribution in [2.24, 2.45) is 4.99 Å². The Balaban J connectivity index is 2.08. The molecule has 0 radical (unpaired) electrons. The van der Waals surface area contributed by atoms with E-state index in [1.165, 1.54) is 24.4 Å². The van der Waals surface area contributed by atoms with Crippen molar-refractivity contribution < 1.29 is 10.0 Å². The van der Waals surface area contributed by atoms with E-state index in [1.54, 1.807) is 0 Å². The smallest absolute Gasteiger partial charge is 0.270 e. The standard InChI is InChI=1S/C16H16N2O3/c1-12(13-5-3-2-4-6-13)10-17-11-14-9-15(18(20)21)7-8-16(14)19/h2-9,11-12,19H,10H2,1H3/p-1/t12-/m1/s1. The van der Waals surface area contributed by atoms with Gasteiger partial charge in [0, 0.05) is 30.8 Å². The third-order valence-corrected chi connectivity index (χ3v) is 3.18. The Morgan fingerprint density at radius 2 is 1.95 bits per heavy atom. The lowest BCUT2D eigenvalue weighted by Gasteiger charge is -2.10. The molecule has 2 rings (SSSR count). The average molecular weight is 283 g/mol. The van der Waals surface area contributed by atoms with E-state index in [0.29, 0.717) is 6.54 Å². The van der Waals surface area contributed by atoms with Crippen molar-refractivity contribution in [1.82, 2.24) is 0 Å². The molecule has 0 N–H and O–H groups in total. The molecule has 0 heterocycles. The summed E-state index contributed by atoms with van der Waals surface area (Å²) in [5.41, 5.74) is 1.30. The largest absolute Gasteiger partial charge is 0.872 e. The average Bonchev–Trinajstić information content (AvgIpc) is 2.49. The zero-order valence-electron chi connectivity index (χ0n) is 11.6. The molecule has 2 aromatic carbocycles. The number of benzene rings is 2. The van der Waals surface area contributed by atoms with E-state index in [2.05, 4.69) is 4.99 Å². The zero-order valence-corrected chi connectivity index (χ0v) is 11.6. The molecule has 1 atom stereocenters. The molecule has 0 spiro atoms. The van der Waals surface area contributed by atoms with Crippen molar-refractivity contribution in [3.8, 4) is 5.75 Å². The molecule has 0 saturated heterocycles. The molecule has 0 aliphatic rings. The Bertz CT molecular complexity index is 654. The van der Waals surface area contributed by atoms with Gasteiger partial charge in [0.2, 0.25) is 0 Å². The minimum absolute atomic E-state index is 0.104. The van der Waals surface area contributed by atoms with Crippen molar-refractivity contribution in [2.75, 3.05) is 6.54 Å². The molecule has 0 fully saturated rings. The van der Waals surface area contributed by atoms with Gasteiger partial charge in [-0.05, 0) is 11.1 Å². The summed E-state index contributed by atoms with van der Waals surface area (Å²) in [4.78, 5) is 14.4. The van der Waals surface area contributed by atoms with Crippen LogP contribution in [0.4, 0.5) is 5.69 Å². The number of nitrogens with zero attached hydrogens (tertiary/aromatic N) is 2. The Morgan fingerprint density at radius 3 is 2.62 bits per heavy atom. The van der Waals surface area contributed by atoms with Crippen LogP contribution in [0, 0.1) is 10.1 Å². The van der Waals surface area contributed by atoms with E-state index < -0.39 is 4.92 Å². The second-order valence-corrected chi connectivity index (χ2v) is 4.79. The SMILES string of the molecule is C[C@H](CN=Cc1cc([N+](=O)[O-])ccc1[O-])c1ccccc1. The van der Waals surface area contributed by atoms with Gasteiger partial charge < -0.3 is 5.11 Å². The topological polar surface area (TPSA) is 78.6 Å². The number of nitro groups is 1. The maximum absolute atomic E-state index is 11.6. The van der Waals surface area contributed by atoms with Crippen LogP contribution in [0.15, 0.2) is 53.5 Å². The van der Waals surface area contributed by atoms with Crippen LogP contribution in [0.2, 0.25) is 0 Å². The van der Waals surface area contributed by atoms with E-state index in [4.69, 9.17) is 0 Å². The number of aliphatic imine (C=N–C) groups is 1. The lowest BCUT2D eigenvalue weighted by molar-refractivity contribution is -0.385. The van der Waals surface area contributed by atoms with Gasteiger partial charge in [-0.15, -0.1) is 0 Å². The first-order chi connectivity index (χ1) is 10.1. The monoisotopic (exact) mass is 283 g/mol. The predicted octanol–water partition coefficient (Wildman–Crippen LogP) is 2.89. The fourth-order valence-corrected chi connectivity index (χ4v) is 1.95. The summed E-state index contributed by atoms with van der Waals surface area (Å²) < 4.78 is 0. The van der Waals surface area contributed by atoms with Gasteiger partial charge in [-0.1, -0.05) is 49.1 Å². The third kappa shape index (κ3) is 3.89. The van der Waals surface area contributed by atoms with E-state index >= 15 is 0 Å². The van der Waals surface area contributed by atoms with Gasteiger partial charge in [0.05, 0.1) is 4.92 Å². The Morgan fingerprint density at radius 1 is 1.24 bits per heavy atom. The van der Waals surface area contributed by atoms with Gasteiger partial charge in [0.15, 0.2) is 0 Å². The zero-order chi connectivity index (χ0) is 15.2. The normalized spacial score (nSPS) is 12.4. The van der Waals surface area contributed by atoms with Crippen LogP contribution in [-0.2, 0) is 0 Å². The number of hydrogen-bond donors (Lipinski definition) is 0. The molecular weight excluding hydrogens is 268 g/mol. The first-order valence-electron chi connectivity index (χ1n) is 6.58. The summed E-state index contributed by atoms with van der Waals surface area (Å²) in [6, 6.07) is 13.6. The number of rotatable bonds is 5. The maximum Gasteiger partial charge on any atom is 0.270 e. The molecule has 21 heavy (non-hydrogen) atoms. The maximum atomic E-state index is 11.6. The van der Waals surface area contributed by atoms with Gasteiger partial charge in [-0.3, -0.25) is 15.1 Å². The molecule has 0 aliphatic carbocycles. The van der Waals surface area contributed by atoms with Crippen molar-refractivity contribution in [3.05, 3.63) is 69.8 Å². The first kappa shape index (κ1) is 14.7. The van der Waals surface area contributed by atoms with Gasteiger partial charge >= 0.3 is 0 Å². The molecular formula is C16H15N2O3-. The van der Waals surface area contributed by atoms with Crippen molar-refractivity contribution in [1.29, 1.82) is 0 Å². The van der Waals surface area contributed by atoms with Gasteiger partial charge in [-0.25, -0.2) is 0 Å². The van der Waals surface area contributed by atoms with Crippen molar-refractivity contribution in [2.45, 2.75) is 12.8 Å². The fourth-order valence-electron chi connectivity index (χ4n) is 1.95. The molecule has 108 valence electrons. The van der Waals surface area contributed by atoms with E-state index in [9.17, 15) is 15.2 Å². The summed E-state index contributed by atoms with van der Waals surface area (Å²) in [7, 11) is 0. The van der Waals surface area contributed by atoms with Gasteiger partial charge in [0.25, 0.3) is 5.69 Å². The second-order valence-electron chi connectivity index (χ2n) is 4.79. The molecule has 0 bridgehead atoms. The molecule has 5 nitrogen and oxygen atoms in total. The molecule has 0 amide bonds. The first-order valence-corrected chi connectivity index (χ1v) is 6.58. The molecule has 0 aliphatic heterocycles. The minimum atomic E-state index is -0.524. The highest BCUT2D eigenvalue weighted by Gasteiger charge is 2.06. The highest BCUT2D eigenvalue weighted by atomic mass is 16.6. The lowest BCUT2D eigenvalue weighted by Crippen LogP contribution is -2.01. The molecule has 2 aromatic rings. The number of nitro benzene ring substituents is 1. The quantitative estimate of drug-likeness (QED) is 0.481. The van der Waals surface area contributed by atoms with E-state index in [1.807, 2.05) is 37.3 Å². The predicted molar refractivity (Wildman–Crippen MR) is 79.9 cm³/mol. The summed E-state index contributed by atoms with van der Waals surface area (Å²) in [6.07, 6.45) is 1.41. The Hall–Kier alpha value is -2.69. The van der Waals surface area contributed by atoms with Gasteiger partial charge in [0.1, 0.15) is 0 Å². The Kier molecular flexibility index (Phi) is 4.66. The van der Waals surface area contributed by atoms with Crippen LogP contribution in [0.25, 0.3) is 0 Å². The number of non-ortho nitro benzene ring substituents is 1. The highest BCUT2D eigenvalue weighted by Crippen LogP contribution is 2.20. The van der Waals surface area contributed by atoms with Crippen LogP contribution >= 0.6 is 0 Å². The minimum Gasteiger partial charge on any atom is -0.872 e. The van der Waals surface area contributed by atoms with Gasteiger partial charge in [-0.2, -0.15) is 0 Å². The number of hydrogen-bond acceptors (Lipinski definition) is 4. The van der Waals surface area contributed by atoms with E-state index in [-0.39, 0.29) is 22.9 Å². The van der Waals surface area contributed by atoms with E-state index in [0.717, 1.165) is 5.56 Å².